The Morgan fingerprint density at radius 2 is 1.88 bits per heavy atom. The van der Waals surface area contributed by atoms with Gasteiger partial charge in [0.2, 0.25) is 0 Å². The Morgan fingerprint density at radius 3 is 2.76 bits per heavy atom. The summed E-state index contributed by atoms with van der Waals surface area (Å²) < 4.78 is 3.25. The van der Waals surface area contributed by atoms with Crippen molar-refractivity contribution in [2.75, 3.05) is 6.54 Å². The average Bonchev–Trinajstić information content (AvgIpc) is 3.12. The van der Waals surface area contributed by atoms with E-state index in [-0.39, 0.29) is 5.56 Å². The van der Waals surface area contributed by atoms with Crippen molar-refractivity contribution < 1.29 is 0 Å². The number of rotatable bonds is 4. The minimum Gasteiger partial charge on any atom is -0.329 e. The van der Waals surface area contributed by atoms with Crippen molar-refractivity contribution in [2.45, 2.75) is 6.54 Å². The molecule has 0 saturated heterocycles. The van der Waals surface area contributed by atoms with Crippen LogP contribution in [0.3, 0.4) is 0 Å². The first kappa shape index (κ1) is 15.3. The van der Waals surface area contributed by atoms with Crippen LogP contribution in [0, 0.1) is 0 Å². The van der Waals surface area contributed by atoms with Gasteiger partial charge in [-0.3, -0.25) is 4.79 Å². The van der Waals surface area contributed by atoms with Crippen LogP contribution >= 0.6 is 0 Å². The molecule has 0 bridgehead atoms. The van der Waals surface area contributed by atoms with E-state index in [9.17, 15) is 4.79 Å². The molecule has 0 amide bonds. The third-order valence-corrected chi connectivity index (χ3v) is 4.11. The molecule has 1 aromatic carbocycles. The van der Waals surface area contributed by atoms with Crippen LogP contribution in [-0.4, -0.2) is 25.9 Å². The summed E-state index contributed by atoms with van der Waals surface area (Å²) in [7, 11) is 0. The molecule has 25 heavy (non-hydrogen) atoms. The molecule has 0 atom stereocenters. The number of hydrogen-bond donors (Lipinski definition) is 1. The van der Waals surface area contributed by atoms with Gasteiger partial charge in [0, 0.05) is 36.1 Å². The van der Waals surface area contributed by atoms with E-state index in [1.54, 1.807) is 12.3 Å². The number of nitrogens with two attached hydrogens (primary N) is 1. The number of aromatic nitrogens is 4. The Balaban J connectivity index is 1.81. The van der Waals surface area contributed by atoms with Crippen molar-refractivity contribution >= 4 is 5.52 Å². The average molecular weight is 331 g/mol. The molecule has 0 aliphatic heterocycles. The number of fused-ring (bicyclic) bond motifs is 1. The van der Waals surface area contributed by atoms with Gasteiger partial charge in [-0.25, -0.2) is 9.20 Å². The zero-order valence-electron chi connectivity index (χ0n) is 13.5. The largest absolute Gasteiger partial charge is 0.329 e. The Labute approximate surface area is 144 Å². The van der Waals surface area contributed by atoms with E-state index in [0.717, 1.165) is 27.9 Å². The Hall–Kier alpha value is -3.25. The third kappa shape index (κ3) is 2.83. The van der Waals surface area contributed by atoms with Crippen LogP contribution in [0.15, 0.2) is 71.8 Å². The maximum atomic E-state index is 11.8. The molecule has 124 valence electrons. The van der Waals surface area contributed by atoms with Crippen molar-refractivity contribution in [3.8, 4) is 22.4 Å². The molecule has 0 radical (unpaired) electrons. The van der Waals surface area contributed by atoms with Crippen molar-refractivity contribution in [3.05, 3.63) is 77.3 Å². The molecule has 4 rings (SSSR count). The molecule has 0 aliphatic carbocycles. The highest BCUT2D eigenvalue weighted by Gasteiger charge is 2.08. The molecule has 3 aromatic heterocycles. The summed E-state index contributed by atoms with van der Waals surface area (Å²) in [6.07, 6.45) is 3.71. The lowest BCUT2D eigenvalue weighted by Crippen LogP contribution is -2.25. The zero-order valence-corrected chi connectivity index (χ0v) is 13.5. The van der Waals surface area contributed by atoms with Gasteiger partial charge in [-0.2, -0.15) is 10.2 Å². The van der Waals surface area contributed by atoms with Crippen LogP contribution in [0.1, 0.15) is 0 Å². The van der Waals surface area contributed by atoms with Gasteiger partial charge in [-0.1, -0.05) is 24.3 Å². The fourth-order valence-corrected chi connectivity index (χ4v) is 2.93. The zero-order chi connectivity index (χ0) is 17.2. The molecule has 3 heterocycles. The van der Waals surface area contributed by atoms with Gasteiger partial charge in [0.1, 0.15) is 0 Å². The Kier molecular flexibility index (Phi) is 3.87. The number of benzene rings is 1. The molecule has 0 aliphatic rings. The summed E-state index contributed by atoms with van der Waals surface area (Å²) in [5.74, 6) is 0. The minimum atomic E-state index is -0.144. The van der Waals surface area contributed by atoms with E-state index in [4.69, 9.17) is 5.73 Å². The molecule has 2 N–H and O–H groups in total. The van der Waals surface area contributed by atoms with E-state index in [2.05, 4.69) is 28.4 Å². The van der Waals surface area contributed by atoms with Gasteiger partial charge in [0.15, 0.2) is 0 Å². The maximum absolute atomic E-state index is 11.8. The van der Waals surface area contributed by atoms with Gasteiger partial charge in [0.25, 0.3) is 5.56 Å². The summed E-state index contributed by atoms with van der Waals surface area (Å²) in [5, 5.41) is 8.71. The normalized spacial score (nSPS) is 11.1. The summed E-state index contributed by atoms with van der Waals surface area (Å²) in [5.41, 5.74) is 10.3. The molecular formula is C19H17N5O. The van der Waals surface area contributed by atoms with Crippen molar-refractivity contribution in [2.24, 2.45) is 5.73 Å². The molecule has 6 nitrogen and oxygen atoms in total. The van der Waals surface area contributed by atoms with E-state index < -0.39 is 0 Å². The van der Waals surface area contributed by atoms with E-state index in [1.807, 2.05) is 35.0 Å². The summed E-state index contributed by atoms with van der Waals surface area (Å²) >= 11 is 0. The van der Waals surface area contributed by atoms with E-state index >= 15 is 0 Å². The SMILES string of the molecule is NCCn1nc(-c2cccc(-c3cccn4nccc34)c2)ccc1=O. The van der Waals surface area contributed by atoms with Crippen LogP contribution in [0.5, 0.6) is 0 Å². The number of pyridine rings is 1. The van der Waals surface area contributed by atoms with Gasteiger partial charge in [-0.05, 0) is 29.8 Å². The monoisotopic (exact) mass is 331 g/mol. The maximum Gasteiger partial charge on any atom is 0.266 e. The molecule has 0 fully saturated rings. The predicted molar refractivity (Wildman–Crippen MR) is 97.2 cm³/mol. The van der Waals surface area contributed by atoms with E-state index in [0.29, 0.717) is 13.1 Å². The lowest BCUT2D eigenvalue weighted by Gasteiger charge is -2.09. The summed E-state index contributed by atoms with van der Waals surface area (Å²) in [4.78, 5) is 11.8. The first-order chi connectivity index (χ1) is 12.3. The van der Waals surface area contributed by atoms with Crippen molar-refractivity contribution in [1.29, 1.82) is 0 Å². The molecule has 0 saturated carbocycles. The van der Waals surface area contributed by atoms with Crippen LogP contribution < -0.4 is 11.3 Å². The lowest BCUT2D eigenvalue weighted by molar-refractivity contribution is 0.590. The first-order valence-corrected chi connectivity index (χ1v) is 8.08. The highest BCUT2D eigenvalue weighted by molar-refractivity contribution is 5.82. The molecular weight excluding hydrogens is 314 g/mol. The second kappa shape index (κ2) is 6.33. The second-order valence-corrected chi connectivity index (χ2v) is 5.73. The van der Waals surface area contributed by atoms with Crippen molar-refractivity contribution in [1.82, 2.24) is 19.4 Å². The number of nitrogens with zero attached hydrogens (tertiary/aromatic N) is 4. The van der Waals surface area contributed by atoms with Crippen LogP contribution in [0.4, 0.5) is 0 Å². The Bertz CT molecular complexity index is 1100. The topological polar surface area (TPSA) is 78.2 Å². The highest BCUT2D eigenvalue weighted by Crippen LogP contribution is 2.28. The van der Waals surface area contributed by atoms with Gasteiger partial charge in [-0.15, -0.1) is 0 Å². The molecule has 0 unspecified atom stereocenters. The van der Waals surface area contributed by atoms with Gasteiger partial charge in [0.05, 0.1) is 17.8 Å². The minimum absolute atomic E-state index is 0.144. The smallest absolute Gasteiger partial charge is 0.266 e. The standard InChI is InChI=1S/C19H17N5O/c20-9-12-24-19(25)7-6-17(22-24)15-4-1-3-14(13-15)16-5-2-11-23-18(16)8-10-21-23/h1-8,10-11,13H,9,12,20H2. The Morgan fingerprint density at radius 1 is 1.00 bits per heavy atom. The van der Waals surface area contributed by atoms with Crippen molar-refractivity contribution in [3.63, 3.8) is 0 Å². The van der Waals surface area contributed by atoms with Crippen LogP contribution in [0.25, 0.3) is 27.9 Å². The predicted octanol–water partition coefficient (Wildman–Crippen LogP) is 2.18. The molecule has 4 aromatic rings. The quantitative estimate of drug-likeness (QED) is 0.622. The fraction of sp³-hybridized carbons (Fsp3) is 0.105. The highest BCUT2D eigenvalue weighted by atomic mass is 16.1. The lowest BCUT2D eigenvalue weighted by atomic mass is 10.0. The fourth-order valence-electron chi connectivity index (χ4n) is 2.93. The molecule has 6 heteroatoms. The molecule has 0 spiro atoms. The van der Waals surface area contributed by atoms with Gasteiger partial charge < -0.3 is 5.73 Å². The first-order valence-electron chi connectivity index (χ1n) is 8.08. The van der Waals surface area contributed by atoms with Crippen LogP contribution in [-0.2, 0) is 6.54 Å². The van der Waals surface area contributed by atoms with Gasteiger partial charge >= 0.3 is 0 Å². The van der Waals surface area contributed by atoms with E-state index in [1.165, 1.54) is 10.7 Å². The summed E-state index contributed by atoms with van der Waals surface area (Å²) in [6.45, 7) is 0.779. The third-order valence-electron chi connectivity index (χ3n) is 4.11. The second-order valence-electron chi connectivity index (χ2n) is 5.73. The number of hydrogen-bond acceptors (Lipinski definition) is 4. The van der Waals surface area contributed by atoms with Crippen LogP contribution in [0.2, 0.25) is 0 Å². The summed E-state index contributed by atoms with van der Waals surface area (Å²) in [6, 6.07) is 17.4.